The summed E-state index contributed by atoms with van der Waals surface area (Å²) in [4.78, 5) is 62.6. The van der Waals surface area contributed by atoms with E-state index < -0.39 is 73.2 Å². The van der Waals surface area contributed by atoms with Crippen LogP contribution in [0.15, 0.2) is 0 Å². The lowest BCUT2D eigenvalue weighted by Gasteiger charge is -2.47. The molecule has 4 heterocycles. The number of aliphatic hydroxyl groups is 2. The second-order valence-electron chi connectivity index (χ2n) is 18.5. The minimum atomic E-state index is -2.36. The van der Waals surface area contributed by atoms with Crippen LogP contribution in [0.3, 0.4) is 0 Å². The molecule has 0 saturated carbocycles. The highest BCUT2D eigenvalue weighted by molar-refractivity contribution is 6.16. The summed E-state index contributed by atoms with van der Waals surface area (Å²) in [5.41, 5.74) is 0. The lowest BCUT2D eigenvalue weighted by molar-refractivity contribution is -0.308. The van der Waals surface area contributed by atoms with Gasteiger partial charge in [-0.3, -0.25) is 24.0 Å². The molecule has 4 saturated heterocycles. The fourth-order valence-corrected chi connectivity index (χ4v) is 8.75. The molecule has 59 heavy (non-hydrogen) atoms. The largest absolute Gasteiger partial charge is 0.380 e. The van der Waals surface area contributed by atoms with E-state index in [1.807, 2.05) is 13.8 Å². The fraction of sp³-hybridized carbons (Fsp3) is 0.884. The molecule has 0 aromatic rings. The normalized spacial score (nSPS) is 37.8. The number of amides is 5. The molecule has 0 aromatic heterocycles. The number of nitrogens with one attached hydrogen (secondary N) is 2. The number of rotatable bonds is 17. The predicted molar refractivity (Wildman–Crippen MR) is 214 cm³/mol. The second kappa shape index (κ2) is 21.5. The summed E-state index contributed by atoms with van der Waals surface area (Å²) >= 11 is 0. The van der Waals surface area contributed by atoms with E-state index in [9.17, 15) is 34.2 Å². The van der Waals surface area contributed by atoms with Crippen LogP contribution in [0.4, 0.5) is 0 Å². The summed E-state index contributed by atoms with van der Waals surface area (Å²) in [6.45, 7) is 25.6. The maximum absolute atomic E-state index is 13.4. The summed E-state index contributed by atoms with van der Waals surface area (Å²) in [5, 5.41) is 25.4. The summed E-state index contributed by atoms with van der Waals surface area (Å²) in [5.74, 6) is -3.15. The first-order valence-electron chi connectivity index (χ1n) is 21.8. The van der Waals surface area contributed by atoms with E-state index in [1.165, 1.54) is 0 Å². The maximum Gasteiger partial charge on any atom is 0.268 e. The van der Waals surface area contributed by atoms with Gasteiger partial charge in [-0.2, -0.15) is 0 Å². The first kappa shape index (κ1) is 49.1. The Labute approximate surface area is 350 Å². The van der Waals surface area contributed by atoms with E-state index in [4.69, 9.17) is 28.4 Å². The molecule has 0 spiro atoms. The summed E-state index contributed by atoms with van der Waals surface area (Å²) in [6, 6.07) is 0. The van der Waals surface area contributed by atoms with Gasteiger partial charge in [-0.05, 0) is 61.7 Å². The predicted octanol–water partition coefficient (Wildman–Crippen LogP) is 3.35. The van der Waals surface area contributed by atoms with E-state index in [1.54, 1.807) is 0 Å². The van der Waals surface area contributed by atoms with Crippen LogP contribution in [-0.2, 0) is 52.4 Å². The Morgan fingerprint density at radius 3 is 1.71 bits per heavy atom. The van der Waals surface area contributed by atoms with Crippen molar-refractivity contribution in [1.82, 2.24) is 15.5 Å². The number of hydrogen-bond donors (Lipinski definition) is 4. The summed E-state index contributed by atoms with van der Waals surface area (Å²) in [7, 11) is 0. The molecule has 0 radical (unpaired) electrons. The molecule has 0 aromatic carbocycles. The number of nitrogens with zero attached hydrogens (tertiary/aromatic N) is 1. The third-order valence-electron chi connectivity index (χ3n) is 13.7. The Balaban J connectivity index is 1.42. The SMILES string of the molecule is CC(C)CC1O[C@@H](OCC2O[C@@H](OCC3O[C@@H](OC(C)C)C(C)[C@H](C)[C@@H]3C)C(CC(=O)NCNC(=O)C(O)C(O)C(=O)N3C(=O)CCC3=O)[C@H](C)[C@@H]2C)C(C)[C@H](C)[C@@H]1C. The molecule has 338 valence electrons. The van der Waals surface area contributed by atoms with Crippen LogP contribution in [-0.4, -0.2) is 120 Å². The van der Waals surface area contributed by atoms with Gasteiger partial charge in [-0.1, -0.05) is 69.2 Å². The number of carbonyl (C=O) groups is 5. The van der Waals surface area contributed by atoms with Crippen molar-refractivity contribution < 1.29 is 62.6 Å². The molecule has 17 atom stereocenters. The molecule has 16 heteroatoms. The van der Waals surface area contributed by atoms with Crippen molar-refractivity contribution in [2.24, 2.45) is 59.2 Å². The highest BCUT2D eigenvalue weighted by atomic mass is 16.7. The average Bonchev–Trinajstić information content (AvgIpc) is 3.52. The molecule has 4 aliphatic heterocycles. The second-order valence-corrected chi connectivity index (χ2v) is 18.5. The Morgan fingerprint density at radius 2 is 1.15 bits per heavy atom. The molecule has 4 N–H and O–H groups in total. The standard InChI is InChI=1S/C43H73N3O13/c1-20(2)15-31-25(8)22(5)28(11)41(57-31)54-17-33-27(10)24(7)30(43(59-33)55-18-32-26(9)23(6)29(12)42(58-32)56-21(3)4)16-34(47)44-19-45-39(52)37(50)38(51)40(53)46-35(48)13-14-36(46)49/h20-33,37-38,41-43,50-51H,13-19H2,1-12H3,(H,44,47)(H,45,52)/t22-,23-,24-,25+,26+,27+,28?,29?,30?,31?,32?,33?,37?,38?,41-,42-,43-/m1/s1. The van der Waals surface area contributed by atoms with Gasteiger partial charge < -0.3 is 49.3 Å². The zero-order valence-electron chi connectivity index (χ0n) is 37.3. The minimum Gasteiger partial charge on any atom is -0.380 e. The Morgan fingerprint density at radius 1 is 0.661 bits per heavy atom. The first-order chi connectivity index (χ1) is 27.6. The number of ether oxygens (including phenoxy) is 6. The van der Waals surface area contributed by atoms with Crippen molar-refractivity contribution in [3.05, 3.63) is 0 Å². The fourth-order valence-electron chi connectivity index (χ4n) is 8.75. The van der Waals surface area contributed by atoms with E-state index >= 15 is 0 Å². The third-order valence-corrected chi connectivity index (χ3v) is 13.7. The van der Waals surface area contributed by atoms with Gasteiger partial charge in [0.05, 0.1) is 44.3 Å². The van der Waals surface area contributed by atoms with Crippen molar-refractivity contribution in [2.75, 3.05) is 19.9 Å². The summed E-state index contributed by atoms with van der Waals surface area (Å²) < 4.78 is 39.0. The smallest absolute Gasteiger partial charge is 0.268 e. The summed E-state index contributed by atoms with van der Waals surface area (Å²) in [6.07, 6.45) is -6.36. The van der Waals surface area contributed by atoms with Crippen LogP contribution < -0.4 is 10.6 Å². The molecule has 0 aliphatic carbocycles. The molecule has 8 unspecified atom stereocenters. The van der Waals surface area contributed by atoms with Gasteiger partial charge in [-0.15, -0.1) is 0 Å². The Hall–Kier alpha value is -2.57. The molecular formula is C43H73N3O13. The molecular weight excluding hydrogens is 766 g/mol. The van der Waals surface area contributed by atoms with Gasteiger partial charge in [0.1, 0.15) is 0 Å². The monoisotopic (exact) mass is 840 g/mol. The van der Waals surface area contributed by atoms with E-state index in [0.29, 0.717) is 17.8 Å². The molecule has 4 aliphatic rings. The quantitative estimate of drug-likeness (QED) is 0.123. The molecule has 16 nitrogen and oxygen atoms in total. The zero-order chi connectivity index (χ0) is 44.0. The molecule has 4 rings (SSSR count). The number of imide groups is 3. The van der Waals surface area contributed by atoms with Crippen LogP contribution in [0.5, 0.6) is 0 Å². The zero-order valence-corrected chi connectivity index (χ0v) is 37.3. The molecule has 4 fully saturated rings. The van der Waals surface area contributed by atoms with Crippen LogP contribution in [0.2, 0.25) is 0 Å². The molecule has 5 amide bonds. The van der Waals surface area contributed by atoms with Gasteiger partial charge in [0.25, 0.3) is 11.8 Å². The first-order valence-corrected chi connectivity index (χ1v) is 21.8. The minimum absolute atomic E-state index is 0.0214. The molecule has 0 bridgehead atoms. The van der Waals surface area contributed by atoms with Gasteiger partial charge in [0.2, 0.25) is 17.7 Å². The van der Waals surface area contributed by atoms with Crippen LogP contribution >= 0.6 is 0 Å². The van der Waals surface area contributed by atoms with Crippen molar-refractivity contribution in [3.63, 3.8) is 0 Å². The van der Waals surface area contributed by atoms with E-state index in [0.717, 1.165) is 6.42 Å². The Bertz CT molecular complexity index is 1430. The van der Waals surface area contributed by atoms with E-state index in [-0.39, 0.29) is 97.3 Å². The van der Waals surface area contributed by atoms with Crippen LogP contribution in [0.25, 0.3) is 0 Å². The highest BCUT2D eigenvalue weighted by Crippen LogP contribution is 2.42. The third kappa shape index (κ3) is 12.1. The average molecular weight is 840 g/mol. The van der Waals surface area contributed by atoms with Crippen LogP contribution in [0.1, 0.15) is 109 Å². The Kier molecular flexibility index (Phi) is 17.9. The van der Waals surface area contributed by atoms with Crippen LogP contribution in [0, 0.1) is 59.2 Å². The topological polar surface area (TPSA) is 208 Å². The number of aliphatic hydroxyl groups excluding tert-OH is 2. The van der Waals surface area contributed by atoms with Gasteiger partial charge in [0.15, 0.2) is 31.1 Å². The maximum atomic E-state index is 13.4. The van der Waals surface area contributed by atoms with Crippen molar-refractivity contribution in [1.29, 1.82) is 0 Å². The van der Waals surface area contributed by atoms with Crippen molar-refractivity contribution >= 4 is 29.5 Å². The lowest BCUT2D eigenvalue weighted by atomic mass is 9.76. The van der Waals surface area contributed by atoms with Gasteiger partial charge in [0, 0.05) is 37.0 Å². The highest BCUT2D eigenvalue weighted by Gasteiger charge is 2.47. The lowest BCUT2D eigenvalue weighted by Crippen LogP contribution is -2.54. The number of likely N-dealkylation sites (tertiary alicyclic amines) is 1. The van der Waals surface area contributed by atoms with Gasteiger partial charge in [-0.25, -0.2) is 4.90 Å². The number of hydrogen-bond acceptors (Lipinski definition) is 13. The van der Waals surface area contributed by atoms with Crippen molar-refractivity contribution in [2.45, 2.75) is 164 Å². The number of carbonyl (C=O) groups excluding carboxylic acids is 5. The van der Waals surface area contributed by atoms with E-state index in [2.05, 4.69) is 79.9 Å². The van der Waals surface area contributed by atoms with Gasteiger partial charge >= 0.3 is 0 Å². The van der Waals surface area contributed by atoms with Crippen molar-refractivity contribution in [3.8, 4) is 0 Å².